The Kier molecular flexibility index (Phi) is 5.66. The summed E-state index contributed by atoms with van der Waals surface area (Å²) in [6.07, 6.45) is 3.68. The molecule has 0 aliphatic rings. The van der Waals surface area contributed by atoms with E-state index >= 15 is 0 Å². The topological polar surface area (TPSA) is 85.7 Å². The van der Waals surface area contributed by atoms with Gasteiger partial charge in [-0.05, 0) is 67.1 Å². The van der Waals surface area contributed by atoms with Gasteiger partial charge in [0.2, 0.25) is 0 Å². The van der Waals surface area contributed by atoms with Gasteiger partial charge in [-0.3, -0.25) is 4.79 Å². The molecule has 4 aromatic rings. The van der Waals surface area contributed by atoms with Crippen molar-refractivity contribution >= 4 is 23.5 Å². The van der Waals surface area contributed by atoms with Crippen LogP contribution in [0.25, 0.3) is 5.65 Å². The van der Waals surface area contributed by atoms with E-state index in [-0.39, 0.29) is 5.91 Å². The average molecular weight is 414 g/mol. The molecule has 0 fully saturated rings. The van der Waals surface area contributed by atoms with Crippen molar-refractivity contribution in [1.29, 1.82) is 0 Å². The Morgan fingerprint density at radius 1 is 1.13 bits per heavy atom. The first-order chi connectivity index (χ1) is 15.0. The molecule has 0 saturated heterocycles. The lowest BCUT2D eigenvalue weighted by Crippen LogP contribution is -2.22. The molecule has 0 unspecified atom stereocenters. The molecule has 7 heteroatoms. The van der Waals surface area contributed by atoms with Crippen LogP contribution >= 0.6 is 0 Å². The van der Waals surface area contributed by atoms with Gasteiger partial charge >= 0.3 is 0 Å². The Hall–Kier alpha value is -4.13. The molecule has 4 rings (SSSR count). The number of hydrogen-bond acceptors (Lipinski definition) is 4. The number of nitrogens with zero attached hydrogens (tertiary/aromatic N) is 3. The largest absolute Gasteiger partial charge is 0.485 e. The molecule has 0 atom stereocenters. The third kappa shape index (κ3) is 4.56. The summed E-state index contributed by atoms with van der Waals surface area (Å²) in [5.74, 6) is 0.467. The van der Waals surface area contributed by atoms with E-state index in [4.69, 9.17) is 10.5 Å². The number of hydrogen-bond donors (Lipinski definition) is 2. The van der Waals surface area contributed by atoms with Crippen LogP contribution < -0.4 is 20.3 Å². The van der Waals surface area contributed by atoms with E-state index in [9.17, 15) is 4.79 Å². The fourth-order valence-corrected chi connectivity index (χ4v) is 3.24. The number of pyridine rings is 1. The predicted molar refractivity (Wildman–Crippen MR) is 120 cm³/mol. The molecule has 0 saturated carbocycles. The van der Waals surface area contributed by atoms with Crippen molar-refractivity contribution in [2.45, 2.75) is 13.5 Å². The van der Waals surface area contributed by atoms with E-state index in [0.29, 0.717) is 17.9 Å². The van der Waals surface area contributed by atoms with E-state index in [1.165, 1.54) is 5.69 Å². The first kappa shape index (κ1) is 20.2. The minimum Gasteiger partial charge on any atom is -0.485 e. The lowest BCUT2D eigenvalue weighted by Gasteiger charge is -2.04. The second kappa shape index (κ2) is 8.71. The highest BCUT2D eigenvalue weighted by molar-refractivity contribution is 5.95. The number of hydrazone groups is 1. The zero-order valence-corrected chi connectivity index (χ0v) is 17.4. The predicted octanol–water partition coefficient (Wildman–Crippen LogP) is 3.00. The second-order valence-corrected chi connectivity index (χ2v) is 7.25. The van der Waals surface area contributed by atoms with E-state index in [1.807, 2.05) is 37.4 Å². The summed E-state index contributed by atoms with van der Waals surface area (Å²) in [5, 5.41) is 4.01. The number of nitrogens with two attached hydrogens (primary N) is 1. The van der Waals surface area contributed by atoms with Crippen molar-refractivity contribution in [3.63, 3.8) is 0 Å². The van der Waals surface area contributed by atoms with Gasteiger partial charge in [0.15, 0.2) is 12.3 Å². The molecule has 2 heterocycles. The van der Waals surface area contributed by atoms with Crippen LogP contribution in [0.15, 0.2) is 78.0 Å². The monoisotopic (exact) mass is 414 g/mol. The van der Waals surface area contributed by atoms with Gasteiger partial charge in [0.1, 0.15) is 17.6 Å². The lowest BCUT2D eigenvalue weighted by molar-refractivity contribution is -0.518. The third-order valence-electron chi connectivity index (χ3n) is 5.08. The number of nitrogen functional groups attached to an aromatic ring is 1. The Morgan fingerprint density at radius 2 is 1.87 bits per heavy atom. The summed E-state index contributed by atoms with van der Waals surface area (Å²) < 4.78 is 10.2. The molecular formula is C24H24N5O2+. The standard InChI is InChI=1S/C24H23N5O2/c1-17-4-3-5-23-28(2)21(15-29(17)23)16-31-22-12-6-18(7-13-22)14-26-27-24(30)19-8-10-20(25)11-9-19/h3-15H,16H2,1-2H3,(H2-,25,27,30)/p+1/b26-14-. The Bertz CT molecular complexity index is 1240. The molecule has 0 radical (unpaired) electrons. The first-order valence-electron chi connectivity index (χ1n) is 9.88. The van der Waals surface area contributed by atoms with E-state index < -0.39 is 0 Å². The fraction of sp³-hybridized carbons (Fsp3) is 0.125. The number of anilines is 1. The Morgan fingerprint density at radius 3 is 2.58 bits per heavy atom. The fourth-order valence-electron chi connectivity index (χ4n) is 3.24. The molecule has 7 nitrogen and oxygen atoms in total. The molecular weight excluding hydrogens is 390 g/mol. The average Bonchev–Trinajstić information content (AvgIpc) is 3.10. The highest BCUT2D eigenvalue weighted by atomic mass is 16.5. The number of aryl methyl sites for hydroxylation is 2. The van der Waals surface area contributed by atoms with Crippen LogP contribution in [0.5, 0.6) is 5.75 Å². The first-order valence-corrected chi connectivity index (χ1v) is 9.88. The van der Waals surface area contributed by atoms with Gasteiger partial charge in [-0.25, -0.2) is 9.99 Å². The van der Waals surface area contributed by atoms with Gasteiger partial charge < -0.3 is 10.5 Å². The van der Waals surface area contributed by atoms with Crippen LogP contribution in [-0.2, 0) is 13.7 Å². The summed E-state index contributed by atoms with van der Waals surface area (Å²) in [4.78, 5) is 12.0. The number of fused-ring (bicyclic) bond motifs is 1. The van der Waals surface area contributed by atoms with Gasteiger partial charge in [0.05, 0.1) is 13.3 Å². The van der Waals surface area contributed by atoms with E-state index in [1.54, 1.807) is 30.5 Å². The zero-order valence-electron chi connectivity index (χ0n) is 17.4. The van der Waals surface area contributed by atoms with Crippen LogP contribution in [-0.4, -0.2) is 16.7 Å². The molecule has 1 amide bonds. The van der Waals surface area contributed by atoms with Crippen LogP contribution in [0.3, 0.4) is 0 Å². The normalized spacial score (nSPS) is 11.2. The van der Waals surface area contributed by atoms with Gasteiger partial charge in [0, 0.05) is 17.3 Å². The highest BCUT2D eigenvalue weighted by Crippen LogP contribution is 2.14. The van der Waals surface area contributed by atoms with Gasteiger partial charge in [-0.1, -0.05) is 6.07 Å². The quantitative estimate of drug-likeness (QED) is 0.220. The van der Waals surface area contributed by atoms with Crippen LogP contribution in [0.4, 0.5) is 5.69 Å². The molecule has 0 aliphatic carbocycles. The number of nitrogens with one attached hydrogen (secondary N) is 1. The van der Waals surface area contributed by atoms with Crippen LogP contribution in [0, 0.1) is 6.92 Å². The smallest absolute Gasteiger partial charge is 0.286 e. The number of carbonyl (C=O) groups excluding carboxylic acids is 1. The van der Waals surface area contributed by atoms with Crippen molar-refractivity contribution in [3.8, 4) is 5.75 Å². The second-order valence-electron chi connectivity index (χ2n) is 7.25. The molecule has 2 aromatic heterocycles. The number of aromatic nitrogens is 2. The van der Waals surface area contributed by atoms with Crippen molar-refractivity contribution in [2.75, 3.05) is 5.73 Å². The van der Waals surface area contributed by atoms with E-state index in [2.05, 4.69) is 44.7 Å². The molecule has 0 spiro atoms. The number of imidazole rings is 1. The minimum atomic E-state index is -0.292. The number of carbonyl (C=O) groups is 1. The molecule has 3 N–H and O–H groups in total. The summed E-state index contributed by atoms with van der Waals surface area (Å²) in [6.45, 7) is 2.54. The number of ether oxygens (including phenoxy) is 1. The number of amides is 1. The zero-order chi connectivity index (χ0) is 21.8. The number of benzene rings is 2. The third-order valence-corrected chi connectivity index (χ3v) is 5.08. The summed E-state index contributed by atoms with van der Waals surface area (Å²) in [6, 6.07) is 20.4. The van der Waals surface area contributed by atoms with E-state index in [0.717, 1.165) is 22.7 Å². The molecule has 2 aromatic carbocycles. The maximum Gasteiger partial charge on any atom is 0.286 e. The van der Waals surface area contributed by atoms with Crippen LogP contribution in [0.1, 0.15) is 27.3 Å². The summed E-state index contributed by atoms with van der Waals surface area (Å²) in [7, 11) is 2.03. The maximum absolute atomic E-state index is 12.0. The van der Waals surface area contributed by atoms with Crippen molar-refractivity contribution in [3.05, 3.63) is 95.4 Å². The van der Waals surface area contributed by atoms with Crippen molar-refractivity contribution in [1.82, 2.24) is 9.99 Å². The SMILES string of the molecule is Cc1cccc2n(C)c(COc3ccc(/C=N\NC(=O)c4ccc(N)cc4)cc3)c[n+]12. The van der Waals surface area contributed by atoms with Gasteiger partial charge in [0.25, 0.3) is 11.6 Å². The van der Waals surface area contributed by atoms with Gasteiger partial charge in [-0.15, -0.1) is 0 Å². The molecule has 0 aliphatic heterocycles. The molecule has 0 bridgehead atoms. The molecule has 31 heavy (non-hydrogen) atoms. The Balaban J connectivity index is 1.35. The van der Waals surface area contributed by atoms with Gasteiger partial charge in [-0.2, -0.15) is 9.50 Å². The Labute approximate surface area is 180 Å². The summed E-state index contributed by atoms with van der Waals surface area (Å²) >= 11 is 0. The molecule has 156 valence electrons. The van der Waals surface area contributed by atoms with Crippen molar-refractivity contribution < 1.29 is 13.9 Å². The lowest BCUT2D eigenvalue weighted by atomic mass is 10.2. The number of rotatable bonds is 6. The van der Waals surface area contributed by atoms with Crippen molar-refractivity contribution in [2.24, 2.45) is 12.1 Å². The highest BCUT2D eigenvalue weighted by Gasteiger charge is 2.15. The maximum atomic E-state index is 12.0. The summed E-state index contributed by atoms with van der Waals surface area (Å²) in [5.41, 5.74) is 13.4. The van der Waals surface area contributed by atoms with Crippen LogP contribution in [0.2, 0.25) is 0 Å². The minimum absolute atomic E-state index is 0.292.